The topological polar surface area (TPSA) is 53.1 Å². The molecule has 1 heterocycles. The van der Waals surface area contributed by atoms with E-state index in [-0.39, 0.29) is 5.84 Å². The molecule has 0 aliphatic carbocycles. The lowest BCUT2D eigenvalue weighted by molar-refractivity contribution is 0.319. The lowest BCUT2D eigenvalue weighted by Crippen LogP contribution is -2.21. The monoisotopic (exact) mass is 337 g/mol. The number of benzene rings is 1. The summed E-state index contributed by atoms with van der Waals surface area (Å²) in [6.07, 6.45) is 0. The molecule has 3 nitrogen and oxygen atoms in total. The van der Waals surface area contributed by atoms with Crippen LogP contribution in [0.1, 0.15) is 16.7 Å². The smallest absolute Gasteiger partial charge is 0.123 e. The number of nitrogen functional groups attached to an aromatic ring is 1. The second kappa shape index (κ2) is 6.32. The first-order valence-corrected chi connectivity index (χ1v) is 7.57. The Kier molecular flexibility index (Phi) is 4.74. The third-order valence-corrected chi connectivity index (χ3v) is 4.38. The molecule has 100 valence electrons. The second-order valence-corrected chi connectivity index (χ2v) is 6.79. The number of amidine groups is 1. The van der Waals surface area contributed by atoms with Crippen LogP contribution in [0.3, 0.4) is 0 Å². The van der Waals surface area contributed by atoms with Crippen molar-refractivity contribution in [2.45, 2.75) is 13.1 Å². The summed E-state index contributed by atoms with van der Waals surface area (Å²) in [5.41, 5.74) is 8.81. The molecule has 1 aromatic carbocycles. The predicted molar refractivity (Wildman–Crippen MR) is 84.6 cm³/mol. The van der Waals surface area contributed by atoms with Crippen molar-refractivity contribution >= 4 is 33.1 Å². The van der Waals surface area contributed by atoms with E-state index in [1.54, 1.807) is 11.3 Å². The van der Waals surface area contributed by atoms with Crippen LogP contribution in [0.2, 0.25) is 0 Å². The van der Waals surface area contributed by atoms with Gasteiger partial charge in [-0.05, 0) is 45.6 Å². The molecule has 0 bridgehead atoms. The Balaban J connectivity index is 2.06. The molecule has 0 unspecified atom stereocenters. The van der Waals surface area contributed by atoms with Crippen molar-refractivity contribution in [3.05, 3.63) is 56.2 Å². The summed E-state index contributed by atoms with van der Waals surface area (Å²) in [4.78, 5) is 2.22. The van der Waals surface area contributed by atoms with Crippen molar-refractivity contribution in [1.82, 2.24) is 4.90 Å². The van der Waals surface area contributed by atoms with Gasteiger partial charge in [0.25, 0.3) is 0 Å². The Morgan fingerprint density at radius 1 is 1.37 bits per heavy atom. The standard InChI is InChI=1S/C14H16BrN3S/c1-18(7-10-6-13(15)19-9-10)8-11-4-2-3-5-12(11)14(16)17/h2-6,9H,7-8H2,1H3,(H3,16,17). The first kappa shape index (κ1) is 14.2. The van der Waals surface area contributed by atoms with Gasteiger partial charge >= 0.3 is 0 Å². The predicted octanol–water partition coefficient (Wildman–Crippen LogP) is 3.43. The van der Waals surface area contributed by atoms with Gasteiger partial charge < -0.3 is 5.73 Å². The van der Waals surface area contributed by atoms with Crippen LogP contribution in [-0.2, 0) is 13.1 Å². The molecule has 2 rings (SSSR count). The molecule has 5 heteroatoms. The number of halogens is 1. The number of hydrogen-bond donors (Lipinski definition) is 2. The Hall–Kier alpha value is -1.17. The first-order valence-electron chi connectivity index (χ1n) is 5.90. The highest BCUT2D eigenvalue weighted by molar-refractivity contribution is 9.11. The van der Waals surface area contributed by atoms with Gasteiger partial charge in [-0.1, -0.05) is 24.3 Å². The van der Waals surface area contributed by atoms with Gasteiger partial charge in [-0.3, -0.25) is 10.3 Å². The molecule has 0 fully saturated rings. The normalized spacial score (nSPS) is 10.9. The summed E-state index contributed by atoms with van der Waals surface area (Å²) in [6.45, 7) is 1.66. The largest absolute Gasteiger partial charge is 0.384 e. The lowest BCUT2D eigenvalue weighted by atomic mass is 10.1. The maximum Gasteiger partial charge on any atom is 0.123 e. The van der Waals surface area contributed by atoms with Gasteiger partial charge in [-0.25, -0.2) is 0 Å². The number of thiophene rings is 1. The van der Waals surface area contributed by atoms with Gasteiger partial charge in [-0.2, -0.15) is 0 Å². The summed E-state index contributed by atoms with van der Waals surface area (Å²) in [5.74, 6) is 0.127. The zero-order chi connectivity index (χ0) is 13.8. The van der Waals surface area contributed by atoms with Crippen molar-refractivity contribution in [3.63, 3.8) is 0 Å². The van der Waals surface area contributed by atoms with E-state index < -0.39 is 0 Å². The van der Waals surface area contributed by atoms with E-state index >= 15 is 0 Å². The van der Waals surface area contributed by atoms with Crippen LogP contribution < -0.4 is 5.73 Å². The van der Waals surface area contributed by atoms with Crippen LogP contribution in [0, 0.1) is 5.41 Å². The van der Waals surface area contributed by atoms with E-state index in [4.69, 9.17) is 11.1 Å². The zero-order valence-electron chi connectivity index (χ0n) is 10.7. The molecule has 0 aliphatic rings. The molecule has 19 heavy (non-hydrogen) atoms. The van der Waals surface area contributed by atoms with E-state index in [9.17, 15) is 0 Å². The number of nitrogens with one attached hydrogen (secondary N) is 1. The van der Waals surface area contributed by atoms with Gasteiger partial charge in [0.05, 0.1) is 3.79 Å². The summed E-state index contributed by atoms with van der Waals surface area (Å²) in [6, 6.07) is 9.95. The Morgan fingerprint density at radius 2 is 2.11 bits per heavy atom. The molecule has 0 atom stereocenters. The summed E-state index contributed by atoms with van der Waals surface area (Å²) >= 11 is 5.17. The van der Waals surface area contributed by atoms with Crippen molar-refractivity contribution in [2.24, 2.45) is 5.73 Å². The summed E-state index contributed by atoms with van der Waals surface area (Å²) in [5, 5.41) is 9.75. The maximum atomic E-state index is 7.60. The molecule has 0 radical (unpaired) electrons. The van der Waals surface area contributed by atoms with Gasteiger partial charge in [0.15, 0.2) is 0 Å². The average molecular weight is 338 g/mol. The number of nitrogens with two attached hydrogens (primary N) is 1. The third kappa shape index (κ3) is 3.89. The Bertz CT molecular complexity index is 580. The molecule has 0 spiro atoms. The molecular weight excluding hydrogens is 322 g/mol. The van der Waals surface area contributed by atoms with Crippen molar-refractivity contribution < 1.29 is 0 Å². The van der Waals surface area contributed by atoms with Crippen LogP contribution in [0.15, 0.2) is 39.5 Å². The fraction of sp³-hybridized carbons (Fsp3) is 0.214. The van der Waals surface area contributed by atoms with Crippen molar-refractivity contribution in [3.8, 4) is 0 Å². The fourth-order valence-corrected chi connectivity index (χ4v) is 3.21. The van der Waals surface area contributed by atoms with E-state index in [2.05, 4.69) is 39.3 Å². The van der Waals surface area contributed by atoms with Gasteiger partial charge in [0.1, 0.15) is 5.84 Å². The summed E-state index contributed by atoms with van der Waals surface area (Å²) < 4.78 is 1.15. The minimum absolute atomic E-state index is 0.127. The molecule has 3 N–H and O–H groups in total. The quantitative estimate of drug-likeness (QED) is 0.648. The van der Waals surface area contributed by atoms with E-state index in [0.29, 0.717) is 0 Å². The van der Waals surface area contributed by atoms with Crippen molar-refractivity contribution in [1.29, 1.82) is 5.41 Å². The Labute approximate surface area is 125 Å². The average Bonchev–Trinajstić information content (AvgIpc) is 2.75. The molecule has 0 amide bonds. The zero-order valence-corrected chi connectivity index (χ0v) is 13.1. The summed E-state index contributed by atoms with van der Waals surface area (Å²) in [7, 11) is 2.07. The van der Waals surface area contributed by atoms with Crippen molar-refractivity contribution in [2.75, 3.05) is 7.05 Å². The molecule has 0 saturated carbocycles. The molecule has 2 aromatic rings. The SMILES string of the molecule is CN(Cc1csc(Br)c1)Cc1ccccc1C(=N)N. The van der Waals surface area contributed by atoms with Crippen LogP contribution >= 0.6 is 27.3 Å². The van der Waals surface area contributed by atoms with Gasteiger partial charge in [-0.15, -0.1) is 11.3 Å². The molecule has 1 aromatic heterocycles. The van der Waals surface area contributed by atoms with E-state index in [1.807, 2.05) is 24.3 Å². The third-order valence-electron chi connectivity index (χ3n) is 2.82. The minimum Gasteiger partial charge on any atom is -0.384 e. The molecule has 0 saturated heterocycles. The second-order valence-electron chi connectivity index (χ2n) is 4.50. The van der Waals surface area contributed by atoms with Crippen LogP contribution in [0.5, 0.6) is 0 Å². The molecular formula is C14H16BrN3S. The minimum atomic E-state index is 0.127. The van der Waals surface area contributed by atoms with Crippen LogP contribution in [0.25, 0.3) is 0 Å². The van der Waals surface area contributed by atoms with E-state index in [0.717, 1.165) is 28.0 Å². The van der Waals surface area contributed by atoms with Gasteiger partial charge in [0, 0.05) is 18.7 Å². The number of hydrogen-bond acceptors (Lipinski definition) is 3. The van der Waals surface area contributed by atoms with Gasteiger partial charge in [0.2, 0.25) is 0 Å². The highest BCUT2D eigenvalue weighted by Crippen LogP contribution is 2.22. The number of nitrogens with zero attached hydrogens (tertiary/aromatic N) is 1. The highest BCUT2D eigenvalue weighted by Gasteiger charge is 2.08. The maximum absolute atomic E-state index is 7.60. The van der Waals surface area contributed by atoms with Crippen LogP contribution in [0.4, 0.5) is 0 Å². The number of rotatable bonds is 5. The lowest BCUT2D eigenvalue weighted by Gasteiger charge is -2.18. The highest BCUT2D eigenvalue weighted by atomic mass is 79.9. The Morgan fingerprint density at radius 3 is 2.74 bits per heavy atom. The first-order chi connectivity index (χ1) is 9.06. The van der Waals surface area contributed by atoms with Crippen LogP contribution in [-0.4, -0.2) is 17.8 Å². The fourth-order valence-electron chi connectivity index (χ4n) is 2.01. The molecule has 0 aliphatic heterocycles. The van der Waals surface area contributed by atoms with E-state index in [1.165, 1.54) is 5.56 Å².